The van der Waals surface area contributed by atoms with Crippen LogP contribution in [0.4, 0.5) is 15.8 Å². The fraction of sp³-hybridized carbons (Fsp3) is 0.200. The van der Waals surface area contributed by atoms with E-state index in [0.29, 0.717) is 35.5 Å². The van der Waals surface area contributed by atoms with Gasteiger partial charge in [-0.05, 0) is 59.5 Å². The quantitative estimate of drug-likeness (QED) is 0.242. The van der Waals surface area contributed by atoms with Crippen molar-refractivity contribution in [2.75, 3.05) is 18.5 Å². The van der Waals surface area contributed by atoms with E-state index in [0.717, 1.165) is 28.8 Å². The summed E-state index contributed by atoms with van der Waals surface area (Å²) in [5.74, 6) is -1.42. The summed E-state index contributed by atoms with van der Waals surface area (Å²) in [5, 5.41) is 26.0. The number of carboxylic acid groups (broad SMARTS) is 1. The van der Waals surface area contributed by atoms with Gasteiger partial charge in [0.1, 0.15) is 17.0 Å². The lowest BCUT2D eigenvalue weighted by Crippen LogP contribution is -2.18. The maximum Gasteiger partial charge on any atom is 0.339 e. The SMILES string of the molecule is CCc1c(CNCCO)cccc1Nc1c(C(=O)O)cnc2[nH]c(-c3ccc(F)cc3)cc12. The van der Waals surface area contributed by atoms with Crippen molar-refractivity contribution < 1.29 is 19.4 Å². The summed E-state index contributed by atoms with van der Waals surface area (Å²) in [4.78, 5) is 19.5. The first-order valence-corrected chi connectivity index (χ1v) is 10.7. The number of anilines is 2. The molecule has 2 aromatic heterocycles. The molecule has 8 heteroatoms. The first-order valence-electron chi connectivity index (χ1n) is 10.7. The van der Waals surface area contributed by atoms with E-state index in [1.54, 1.807) is 12.1 Å². The number of H-pyrrole nitrogens is 1. The van der Waals surface area contributed by atoms with Crippen molar-refractivity contribution in [3.8, 4) is 11.3 Å². The molecule has 5 N–H and O–H groups in total. The highest BCUT2D eigenvalue weighted by molar-refractivity contribution is 6.06. The number of aliphatic hydroxyl groups is 1. The number of nitrogens with one attached hydrogen (secondary N) is 3. The lowest BCUT2D eigenvalue weighted by atomic mass is 10.0. The largest absolute Gasteiger partial charge is 0.478 e. The Morgan fingerprint density at radius 3 is 2.67 bits per heavy atom. The third kappa shape index (κ3) is 4.72. The molecule has 0 atom stereocenters. The zero-order chi connectivity index (χ0) is 23.4. The van der Waals surface area contributed by atoms with Crippen LogP contribution in [0.25, 0.3) is 22.3 Å². The number of benzene rings is 2. The molecule has 0 unspecified atom stereocenters. The molecule has 0 radical (unpaired) electrons. The zero-order valence-corrected chi connectivity index (χ0v) is 18.2. The van der Waals surface area contributed by atoms with Crippen molar-refractivity contribution in [2.45, 2.75) is 19.9 Å². The van der Waals surface area contributed by atoms with Crippen molar-refractivity contribution in [1.29, 1.82) is 0 Å². The maximum absolute atomic E-state index is 13.3. The van der Waals surface area contributed by atoms with Crippen LogP contribution in [0.5, 0.6) is 0 Å². The van der Waals surface area contributed by atoms with E-state index in [2.05, 4.69) is 20.6 Å². The second-order valence-electron chi connectivity index (χ2n) is 7.63. The third-order valence-electron chi connectivity index (χ3n) is 5.53. The van der Waals surface area contributed by atoms with Crippen LogP contribution in [0.1, 0.15) is 28.4 Å². The minimum absolute atomic E-state index is 0.0537. The van der Waals surface area contributed by atoms with Gasteiger partial charge in [0.15, 0.2) is 0 Å². The fourth-order valence-corrected chi connectivity index (χ4v) is 3.93. The van der Waals surface area contributed by atoms with E-state index in [1.165, 1.54) is 18.3 Å². The minimum atomic E-state index is -1.09. The molecule has 170 valence electrons. The number of aromatic amines is 1. The number of rotatable bonds is 9. The number of hydrogen-bond acceptors (Lipinski definition) is 5. The topological polar surface area (TPSA) is 110 Å². The third-order valence-corrected chi connectivity index (χ3v) is 5.53. The van der Waals surface area contributed by atoms with Crippen molar-refractivity contribution >= 4 is 28.4 Å². The van der Waals surface area contributed by atoms with Crippen molar-refractivity contribution in [3.63, 3.8) is 0 Å². The summed E-state index contributed by atoms with van der Waals surface area (Å²) in [5.41, 5.74) is 5.42. The number of carboxylic acids is 1. The summed E-state index contributed by atoms with van der Waals surface area (Å²) >= 11 is 0. The molecule has 0 aliphatic carbocycles. The van der Waals surface area contributed by atoms with Crippen LogP contribution in [-0.4, -0.2) is 39.3 Å². The number of aliphatic hydroxyl groups excluding tert-OH is 1. The normalized spacial score (nSPS) is 11.1. The van der Waals surface area contributed by atoms with Gasteiger partial charge in [-0.2, -0.15) is 0 Å². The number of halogens is 1. The van der Waals surface area contributed by atoms with Crippen LogP contribution < -0.4 is 10.6 Å². The van der Waals surface area contributed by atoms with Gasteiger partial charge in [0, 0.05) is 36.1 Å². The van der Waals surface area contributed by atoms with Gasteiger partial charge in [0.25, 0.3) is 0 Å². The van der Waals surface area contributed by atoms with Crippen LogP contribution in [0.15, 0.2) is 54.7 Å². The molecular weight excluding hydrogens is 423 g/mol. The lowest BCUT2D eigenvalue weighted by Gasteiger charge is -2.17. The van der Waals surface area contributed by atoms with Crippen molar-refractivity contribution in [3.05, 3.63) is 77.2 Å². The Balaban J connectivity index is 1.79. The Morgan fingerprint density at radius 2 is 1.97 bits per heavy atom. The van der Waals surface area contributed by atoms with Gasteiger partial charge in [-0.15, -0.1) is 0 Å². The number of aromatic nitrogens is 2. The Morgan fingerprint density at radius 1 is 1.18 bits per heavy atom. The summed E-state index contributed by atoms with van der Waals surface area (Å²) in [6, 6.07) is 13.7. The highest BCUT2D eigenvalue weighted by atomic mass is 19.1. The van der Waals surface area contributed by atoms with Gasteiger partial charge in [-0.1, -0.05) is 19.1 Å². The highest BCUT2D eigenvalue weighted by Crippen LogP contribution is 2.34. The molecule has 0 aliphatic rings. The number of hydrogen-bond donors (Lipinski definition) is 5. The number of pyridine rings is 1. The van der Waals surface area contributed by atoms with Gasteiger partial charge in [-0.3, -0.25) is 0 Å². The first-order chi connectivity index (χ1) is 16.0. The molecule has 4 rings (SSSR count). The Hall–Kier alpha value is -3.75. The van der Waals surface area contributed by atoms with Gasteiger partial charge in [0.2, 0.25) is 0 Å². The van der Waals surface area contributed by atoms with Crippen LogP contribution >= 0.6 is 0 Å². The fourth-order valence-electron chi connectivity index (χ4n) is 3.93. The molecule has 7 nitrogen and oxygen atoms in total. The summed E-state index contributed by atoms with van der Waals surface area (Å²) in [6.07, 6.45) is 2.07. The molecule has 0 amide bonds. The van der Waals surface area contributed by atoms with Crippen LogP contribution in [0.2, 0.25) is 0 Å². The number of aromatic carboxylic acids is 1. The Bertz CT molecular complexity index is 1290. The molecule has 2 aromatic carbocycles. The van der Waals surface area contributed by atoms with Gasteiger partial charge in [-0.25, -0.2) is 14.2 Å². The predicted octanol–water partition coefficient (Wildman–Crippen LogP) is 4.46. The molecule has 4 aromatic rings. The maximum atomic E-state index is 13.3. The molecule has 0 aliphatic heterocycles. The molecule has 0 bridgehead atoms. The smallest absolute Gasteiger partial charge is 0.339 e. The van der Waals surface area contributed by atoms with Crippen molar-refractivity contribution in [2.24, 2.45) is 0 Å². The molecular formula is C25H25FN4O3. The lowest BCUT2D eigenvalue weighted by molar-refractivity contribution is 0.0697. The second-order valence-corrected chi connectivity index (χ2v) is 7.63. The summed E-state index contributed by atoms with van der Waals surface area (Å²) in [7, 11) is 0. The first kappa shape index (κ1) is 22.4. The standard InChI is InChI=1S/C25H25FN4O3/c1-2-18-16(13-27-10-11-31)4-3-5-21(18)29-23-19-12-22(15-6-8-17(26)9-7-15)30-24(19)28-14-20(23)25(32)33/h3-9,12,14,27,31H,2,10-11,13H2,1H3,(H,32,33)(H2,28,29,30). The van der Waals surface area contributed by atoms with Crippen LogP contribution in [0.3, 0.4) is 0 Å². The molecule has 33 heavy (non-hydrogen) atoms. The molecule has 0 fully saturated rings. The Kier molecular flexibility index (Phi) is 6.67. The van der Waals surface area contributed by atoms with Crippen LogP contribution in [0, 0.1) is 5.82 Å². The number of nitrogens with zero attached hydrogens (tertiary/aromatic N) is 1. The summed E-state index contributed by atoms with van der Waals surface area (Å²) in [6.45, 7) is 3.18. The number of carbonyl (C=O) groups is 1. The second kappa shape index (κ2) is 9.81. The molecule has 0 saturated carbocycles. The molecule has 0 spiro atoms. The van der Waals surface area contributed by atoms with E-state index >= 15 is 0 Å². The Labute approximate surface area is 190 Å². The average molecular weight is 448 g/mol. The van der Waals surface area contributed by atoms with E-state index in [1.807, 2.05) is 31.2 Å². The van der Waals surface area contributed by atoms with E-state index in [-0.39, 0.29) is 18.0 Å². The van der Waals surface area contributed by atoms with Gasteiger partial charge < -0.3 is 25.8 Å². The zero-order valence-electron chi connectivity index (χ0n) is 18.2. The molecule has 0 saturated heterocycles. The van der Waals surface area contributed by atoms with Gasteiger partial charge >= 0.3 is 5.97 Å². The molecule has 2 heterocycles. The van der Waals surface area contributed by atoms with E-state index < -0.39 is 5.97 Å². The van der Waals surface area contributed by atoms with E-state index in [4.69, 9.17) is 5.11 Å². The van der Waals surface area contributed by atoms with Crippen molar-refractivity contribution in [1.82, 2.24) is 15.3 Å². The van der Waals surface area contributed by atoms with E-state index in [9.17, 15) is 14.3 Å². The average Bonchev–Trinajstić information content (AvgIpc) is 3.25. The monoisotopic (exact) mass is 448 g/mol. The predicted molar refractivity (Wildman–Crippen MR) is 126 cm³/mol. The minimum Gasteiger partial charge on any atom is -0.478 e. The highest BCUT2D eigenvalue weighted by Gasteiger charge is 2.19. The number of fused-ring (bicyclic) bond motifs is 1. The summed E-state index contributed by atoms with van der Waals surface area (Å²) < 4.78 is 13.3. The van der Waals surface area contributed by atoms with Gasteiger partial charge in [0.05, 0.1) is 12.3 Å². The van der Waals surface area contributed by atoms with Crippen LogP contribution in [-0.2, 0) is 13.0 Å².